The highest BCUT2D eigenvalue weighted by Crippen LogP contribution is 2.38. The van der Waals surface area contributed by atoms with Crippen molar-refractivity contribution in [2.45, 2.75) is 25.2 Å². The Labute approximate surface area is 203 Å². The molecule has 0 spiro atoms. The van der Waals surface area contributed by atoms with Crippen LogP contribution in [0.5, 0.6) is 11.5 Å². The summed E-state index contributed by atoms with van der Waals surface area (Å²) in [7, 11) is 1.83. The van der Waals surface area contributed by atoms with Gasteiger partial charge in [0.2, 0.25) is 5.16 Å². The van der Waals surface area contributed by atoms with E-state index in [4.69, 9.17) is 32.7 Å². The number of ether oxygens (including phenoxy) is 2. The van der Waals surface area contributed by atoms with E-state index in [1.165, 1.54) is 0 Å². The Balaban J connectivity index is 1.59. The molecule has 0 aliphatic carbocycles. The highest BCUT2D eigenvalue weighted by molar-refractivity contribution is 9.10. The van der Waals surface area contributed by atoms with Gasteiger partial charge in [-0.15, -0.1) is 5.10 Å². The molecule has 0 bridgehead atoms. The summed E-state index contributed by atoms with van der Waals surface area (Å²) in [6.07, 6.45) is 0. The number of benzene rings is 2. The van der Waals surface area contributed by atoms with E-state index >= 15 is 0 Å². The average Bonchev–Trinajstić information content (AvgIpc) is 3.13. The molecule has 0 unspecified atom stereocenters. The highest BCUT2D eigenvalue weighted by Gasteiger charge is 2.14. The van der Waals surface area contributed by atoms with Crippen molar-refractivity contribution < 1.29 is 9.47 Å². The predicted octanol–water partition coefficient (Wildman–Crippen LogP) is 5.14. The van der Waals surface area contributed by atoms with Crippen molar-refractivity contribution in [3.05, 3.63) is 56.0 Å². The van der Waals surface area contributed by atoms with Crippen molar-refractivity contribution in [3.8, 4) is 11.5 Å². The number of rotatable bonds is 11. The first-order valence-electron chi connectivity index (χ1n) is 9.55. The first kappa shape index (κ1) is 24.1. The molecule has 0 saturated heterocycles. The van der Waals surface area contributed by atoms with E-state index in [2.05, 4.69) is 36.8 Å². The molecule has 0 atom stereocenters. The Morgan fingerprint density at radius 1 is 1.19 bits per heavy atom. The predicted molar refractivity (Wildman–Crippen MR) is 127 cm³/mol. The summed E-state index contributed by atoms with van der Waals surface area (Å²) in [6.45, 7) is 4.29. The number of nitrogens with zero attached hydrogens (tertiary/aromatic N) is 4. The number of aryl methyl sites for hydroxylation is 1. The van der Waals surface area contributed by atoms with Gasteiger partial charge in [-0.1, -0.05) is 41.0 Å². The minimum atomic E-state index is 0.306. The third-order valence-corrected chi connectivity index (χ3v) is 6.36. The molecule has 0 aliphatic rings. The molecule has 7 nitrogen and oxygen atoms in total. The van der Waals surface area contributed by atoms with Crippen LogP contribution in [0.15, 0.2) is 40.0 Å². The van der Waals surface area contributed by atoms with Crippen LogP contribution in [-0.4, -0.2) is 39.1 Å². The smallest absolute Gasteiger partial charge is 0.209 e. The van der Waals surface area contributed by atoms with Gasteiger partial charge in [0.05, 0.1) is 11.1 Å². The summed E-state index contributed by atoms with van der Waals surface area (Å²) >= 11 is 17.4. The summed E-state index contributed by atoms with van der Waals surface area (Å²) < 4.78 is 14.3. The average molecular weight is 547 g/mol. The van der Waals surface area contributed by atoms with E-state index in [0.717, 1.165) is 33.1 Å². The number of halogens is 3. The zero-order valence-electron chi connectivity index (χ0n) is 17.1. The third-order valence-electron chi connectivity index (χ3n) is 4.18. The van der Waals surface area contributed by atoms with Gasteiger partial charge in [-0.2, -0.15) is 0 Å². The molecule has 166 valence electrons. The molecule has 31 heavy (non-hydrogen) atoms. The lowest BCUT2D eigenvalue weighted by Gasteiger charge is -2.16. The fraction of sp³-hybridized carbons (Fsp3) is 0.350. The monoisotopic (exact) mass is 545 g/mol. The zero-order valence-corrected chi connectivity index (χ0v) is 21.0. The van der Waals surface area contributed by atoms with Gasteiger partial charge in [-0.05, 0) is 63.1 Å². The lowest BCUT2D eigenvalue weighted by molar-refractivity contribution is 0.267. The molecule has 3 aromatic rings. The number of tetrazole rings is 1. The van der Waals surface area contributed by atoms with Gasteiger partial charge in [0, 0.05) is 41.5 Å². The van der Waals surface area contributed by atoms with Crippen LogP contribution < -0.4 is 14.8 Å². The SMILES string of the molecule is CCOc1cc(CNCCSc2nnnn2C)cc(Br)c1OCc1ccc(Cl)cc1Cl. The van der Waals surface area contributed by atoms with Gasteiger partial charge in [0.25, 0.3) is 0 Å². The van der Waals surface area contributed by atoms with Crippen LogP contribution in [0.1, 0.15) is 18.1 Å². The number of hydrogen-bond donors (Lipinski definition) is 1. The molecule has 0 amide bonds. The topological polar surface area (TPSA) is 74.1 Å². The second-order valence-electron chi connectivity index (χ2n) is 6.47. The molecule has 2 aromatic carbocycles. The van der Waals surface area contributed by atoms with Crippen LogP contribution in [0.2, 0.25) is 10.0 Å². The van der Waals surface area contributed by atoms with Crippen molar-refractivity contribution in [1.29, 1.82) is 0 Å². The normalized spacial score (nSPS) is 11.0. The lowest BCUT2D eigenvalue weighted by atomic mass is 10.2. The molecule has 0 fully saturated rings. The Hall–Kier alpha value is -1.52. The van der Waals surface area contributed by atoms with Crippen LogP contribution in [0, 0.1) is 0 Å². The Morgan fingerprint density at radius 2 is 2.03 bits per heavy atom. The highest BCUT2D eigenvalue weighted by atomic mass is 79.9. The molecular formula is C20H22BrCl2N5O2S. The first-order valence-corrected chi connectivity index (χ1v) is 12.1. The van der Waals surface area contributed by atoms with E-state index in [-0.39, 0.29) is 0 Å². The lowest BCUT2D eigenvalue weighted by Crippen LogP contribution is -2.17. The van der Waals surface area contributed by atoms with Crippen molar-refractivity contribution in [1.82, 2.24) is 25.5 Å². The summed E-state index contributed by atoms with van der Waals surface area (Å²) in [5.74, 6) is 2.18. The second-order valence-corrected chi connectivity index (χ2v) is 9.23. The summed E-state index contributed by atoms with van der Waals surface area (Å²) in [5.41, 5.74) is 1.93. The van der Waals surface area contributed by atoms with Crippen molar-refractivity contribution >= 4 is 50.9 Å². The van der Waals surface area contributed by atoms with Gasteiger partial charge in [-0.3, -0.25) is 0 Å². The Bertz CT molecular complexity index is 1020. The number of aromatic nitrogens is 4. The summed E-state index contributed by atoms with van der Waals surface area (Å²) in [5, 5.41) is 16.8. The maximum absolute atomic E-state index is 6.26. The van der Waals surface area contributed by atoms with Crippen LogP contribution in [0.4, 0.5) is 0 Å². The van der Waals surface area contributed by atoms with Crippen molar-refractivity contribution in [3.63, 3.8) is 0 Å². The maximum atomic E-state index is 6.26. The molecule has 0 saturated carbocycles. The number of thioether (sulfide) groups is 1. The van der Waals surface area contributed by atoms with E-state index < -0.39 is 0 Å². The molecule has 3 rings (SSSR count). The molecule has 1 heterocycles. The zero-order chi connectivity index (χ0) is 22.2. The molecule has 0 radical (unpaired) electrons. The van der Waals surface area contributed by atoms with Gasteiger partial charge < -0.3 is 14.8 Å². The summed E-state index contributed by atoms with van der Waals surface area (Å²) in [6, 6.07) is 9.35. The van der Waals surface area contributed by atoms with Gasteiger partial charge in [-0.25, -0.2) is 4.68 Å². The molecular weight excluding hydrogens is 525 g/mol. The van der Waals surface area contributed by atoms with E-state index in [9.17, 15) is 0 Å². The Morgan fingerprint density at radius 3 is 2.74 bits per heavy atom. The van der Waals surface area contributed by atoms with E-state index in [1.807, 2.05) is 32.2 Å². The third kappa shape index (κ3) is 6.98. The first-order chi connectivity index (χ1) is 15.0. The largest absolute Gasteiger partial charge is 0.490 e. The molecule has 0 aliphatic heterocycles. The fourth-order valence-electron chi connectivity index (χ4n) is 2.71. The van der Waals surface area contributed by atoms with E-state index in [1.54, 1.807) is 28.6 Å². The molecule has 1 aromatic heterocycles. The van der Waals surface area contributed by atoms with Crippen LogP contribution in [0.3, 0.4) is 0 Å². The van der Waals surface area contributed by atoms with Crippen LogP contribution >= 0.6 is 50.9 Å². The van der Waals surface area contributed by atoms with E-state index in [0.29, 0.717) is 41.3 Å². The van der Waals surface area contributed by atoms with Crippen LogP contribution in [0.25, 0.3) is 0 Å². The van der Waals surface area contributed by atoms with Gasteiger partial charge >= 0.3 is 0 Å². The maximum Gasteiger partial charge on any atom is 0.209 e. The quantitative estimate of drug-likeness (QED) is 0.263. The number of nitrogens with one attached hydrogen (secondary N) is 1. The Kier molecular flexibility index (Phi) is 9.28. The van der Waals surface area contributed by atoms with Gasteiger partial charge in [0.1, 0.15) is 6.61 Å². The second kappa shape index (κ2) is 11.9. The number of hydrogen-bond acceptors (Lipinski definition) is 7. The molecule has 1 N–H and O–H groups in total. The fourth-order valence-corrected chi connectivity index (χ4v) is 4.52. The minimum absolute atomic E-state index is 0.306. The van der Waals surface area contributed by atoms with Gasteiger partial charge in [0.15, 0.2) is 11.5 Å². The van der Waals surface area contributed by atoms with Crippen molar-refractivity contribution in [2.75, 3.05) is 18.9 Å². The van der Waals surface area contributed by atoms with Crippen LogP contribution in [-0.2, 0) is 20.2 Å². The summed E-state index contributed by atoms with van der Waals surface area (Å²) in [4.78, 5) is 0. The molecule has 11 heteroatoms. The minimum Gasteiger partial charge on any atom is -0.490 e. The standard InChI is InChI=1S/C20H22BrCl2N5O2S/c1-3-29-18-9-13(11-24-6-7-31-20-25-26-27-28(20)2)8-16(21)19(18)30-12-14-4-5-15(22)10-17(14)23/h4-5,8-10,24H,3,6-7,11-12H2,1-2H3. The van der Waals surface area contributed by atoms with Crippen molar-refractivity contribution in [2.24, 2.45) is 7.05 Å².